The predicted octanol–water partition coefficient (Wildman–Crippen LogP) is 1.24. The second-order valence-corrected chi connectivity index (χ2v) is 4.73. The molecule has 1 atom stereocenters. The fourth-order valence-corrected chi connectivity index (χ4v) is 1.67. The van der Waals surface area contributed by atoms with Gasteiger partial charge in [-0.25, -0.2) is 9.78 Å². The van der Waals surface area contributed by atoms with E-state index in [0.717, 1.165) is 13.0 Å². The third-order valence-corrected chi connectivity index (χ3v) is 3.33. The predicted molar refractivity (Wildman–Crippen MR) is 75.9 cm³/mol. The molecule has 0 aromatic carbocycles. The number of pyridine rings is 1. The van der Waals surface area contributed by atoms with E-state index in [1.165, 1.54) is 18.3 Å². The van der Waals surface area contributed by atoms with E-state index in [1.807, 2.05) is 7.05 Å². The zero-order valence-electron chi connectivity index (χ0n) is 12.1. The van der Waals surface area contributed by atoms with Gasteiger partial charge in [-0.2, -0.15) is 0 Å². The molecule has 1 rings (SSSR count). The average molecular weight is 279 g/mol. The molecule has 1 unspecified atom stereocenters. The molecule has 6 heteroatoms. The number of rotatable bonds is 7. The van der Waals surface area contributed by atoms with E-state index in [9.17, 15) is 9.59 Å². The summed E-state index contributed by atoms with van der Waals surface area (Å²) >= 11 is 0. The van der Waals surface area contributed by atoms with Crippen LogP contribution in [0.25, 0.3) is 0 Å². The number of carboxylic acid groups (broad SMARTS) is 1. The third-order valence-electron chi connectivity index (χ3n) is 3.33. The van der Waals surface area contributed by atoms with Crippen LogP contribution in [0.2, 0.25) is 0 Å². The molecule has 1 heterocycles. The number of carbonyl (C=O) groups excluding carboxylic acids is 1. The molecule has 1 amide bonds. The van der Waals surface area contributed by atoms with Crippen LogP contribution in [0.1, 0.15) is 41.1 Å². The van der Waals surface area contributed by atoms with Gasteiger partial charge in [0.1, 0.15) is 5.69 Å². The van der Waals surface area contributed by atoms with E-state index < -0.39 is 5.97 Å². The normalized spacial score (nSPS) is 12.2. The molecule has 2 N–H and O–H groups in total. The van der Waals surface area contributed by atoms with Crippen molar-refractivity contribution in [1.29, 1.82) is 0 Å². The first kappa shape index (κ1) is 16.1. The maximum atomic E-state index is 11.9. The highest BCUT2D eigenvalue weighted by Crippen LogP contribution is 2.02. The molecule has 0 bridgehead atoms. The highest BCUT2D eigenvalue weighted by molar-refractivity contribution is 5.96. The summed E-state index contributed by atoms with van der Waals surface area (Å²) in [6.45, 7) is 5.51. The molecule has 0 fully saturated rings. The standard InChI is InChI=1S/C14H21N3O3/c1-4-10(2)17(3)8-7-16-13(18)11-5-6-15-12(9-11)14(19)20/h5-6,9-10H,4,7-8H2,1-3H3,(H,16,18)(H,19,20). The molecular weight excluding hydrogens is 258 g/mol. The molecular formula is C14H21N3O3. The number of aromatic carboxylic acids is 1. The van der Waals surface area contributed by atoms with Gasteiger partial charge in [-0.3, -0.25) is 4.79 Å². The fraction of sp³-hybridized carbons (Fsp3) is 0.500. The maximum absolute atomic E-state index is 11.9. The lowest BCUT2D eigenvalue weighted by Crippen LogP contribution is -2.37. The van der Waals surface area contributed by atoms with Crippen molar-refractivity contribution >= 4 is 11.9 Å². The quantitative estimate of drug-likeness (QED) is 0.784. The largest absolute Gasteiger partial charge is 0.477 e. The minimum Gasteiger partial charge on any atom is -0.477 e. The summed E-state index contributed by atoms with van der Waals surface area (Å²) < 4.78 is 0. The van der Waals surface area contributed by atoms with E-state index in [4.69, 9.17) is 5.11 Å². The van der Waals surface area contributed by atoms with Crippen LogP contribution in [0, 0.1) is 0 Å². The monoisotopic (exact) mass is 279 g/mol. The van der Waals surface area contributed by atoms with Crippen molar-refractivity contribution in [1.82, 2.24) is 15.2 Å². The summed E-state index contributed by atoms with van der Waals surface area (Å²) in [5, 5.41) is 11.6. The van der Waals surface area contributed by atoms with Gasteiger partial charge in [0.2, 0.25) is 0 Å². The van der Waals surface area contributed by atoms with Crippen LogP contribution < -0.4 is 5.32 Å². The summed E-state index contributed by atoms with van der Waals surface area (Å²) in [5.41, 5.74) is 0.179. The van der Waals surface area contributed by atoms with E-state index in [-0.39, 0.29) is 11.6 Å². The molecule has 0 radical (unpaired) electrons. The summed E-state index contributed by atoms with van der Waals surface area (Å²) in [6.07, 6.45) is 2.38. The van der Waals surface area contributed by atoms with E-state index in [1.54, 1.807) is 0 Å². The fourth-order valence-electron chi connectivity index (χ4n) is 1.67. The molecule has 20 heavy (non-hydrogen) atoms. The van der Waals surface area contributed by atoms with Crippen molar-refractivity contribution in [3.05, 3.63) is 29.6 Å². The number of carbonyl (C=O) groups is 2. The summed E-state index contributed by atoms with van der Waals surface area (Å²) in [5.74, 6) is -1.43. The summed E-state index contributed by atoms with van der Waals surface area (Å²) in [6, 6.07) is 3.24. The minimum absolute atomic E-state index is 0.130. The van der Waals surface area contributed by atoms with Crippen molar-refractivity contribution in [3.63, 3.8) is 0 Å². The first-order chi connectivity index (χ1) is 9.45. The Hall–Kier alpha value is -1.95. The van der Waals surface area contributed by atoms with Crippen molar-refractivity contribution in [2.24, 2.45) is 0 Å². The number of nitrogens with zero attached hydrogens (tertiary/aromatic N) is 2. The van der Waals surface area contributed by atoms with Crippen LogP contribution in [0.15, 0.2) is 18.3 Å². The molecule has 1 aromatic rings. The second-order valence-electron chi connectivity index (χ2n) is 4.73. The van der Waals surface area contributed by atoms with Crippen LogP contribution in [-0.4, -0.2) is 53.0 Å². The Kier molecular flexibility index (Phi) is 6.11. The Morgan fingerprint density at radius 2 is 2.20 bits per heavy atom. The zero-order valence-corrected chi connectivity index (χ0v) is 12.1. The van der Waals surface area contributed by atoms with E-state index in [2.05, 4.69) is 29.0 Å². The topological polar surface area (TPSA) is 82.5 Å². The molecule has 6 nitrogen and oxygen atoms in total. The second kappa shape index (κ2) is 7.59. The van der Waals surface area contributed by atoms with Gasteiger partial charge in [0.15, 0.2) is 0 Å². The van der Waals surface area contributed by atoms with Gasteiger partial charge >= 0.3 is 5.97 Å². The molecule has 0 spiro atoms. The number of likely N-dealkylation sites (N-methyl/N-ethyl adjacent to an activating group) is 1. The number of amides is 1. The lowest BCUT2D eigenvalue weighted by molar-refractivity contribution is 0.0690. The maximum Gasteiger partial charge on any atom is 0.354 e. The van der Waals surface area contributed by atoms with Gasteiger partial charge in [0, 0.05) is 30.9 Å². The van der Waals surface area contributed by atoms with Gasteiger partial charge in [0.25, 0.3) is 5.91 Å². The first-order valence-corrected chi connectivity index (χ1v) is 6.63. The van der Waals surface area contributed by atoms with Crippen LogP contribution in [0.5, 0.6) is 0 Å². The van der Waals surface area contributed by atoms with Gasteiger partial charge < -0.3 is 15.3 Å². The minimum atomic E-state index is -1.14. The smallest absolute Gasteiger partial charge is 0.354 e. The number of nitrogens with one attached hydrogen (secondary N) is 1. The molecule has 0 aliphatic heterocycles. The Morgan fingerprint density at radius 1 is 1.50 bits per heavy atom. The highest BCUT2D eigenvalue weighted by Gasteiger charge is 2.11. The average Bonchev–Trinajstić information content (AvgIpc) is 2.46. The van der Waals surface area contributed by atoms with Crippen LogP contribution >= 0.6 is 0 Å². The highest BCUT2D eigenvalue weighted by atomic mass is 16.4. The van der Waals surface area contributed by atoms with Gasteiger partial charge in [0.05, 0.1) is 0 Å². The SMILES string of the molecule is CCC(C)N(C)CCNC(=O)c1ccnc(C(=O)O)c1. The van der Waals surface area contributed by atoms with Crippen LogP contribution in [0.3, 0.4) is 0 Å². The molecule has 0 saturated heterocycles. The molecule has 0 saturated carbocycles. The van der Waals surface area contributed by atoms with Gasteiger partial charge in [-0.05, 0) is 32.5 Å². The summed E-state index contributed by atoms with van der Waals surface area (Å²) in [4.78, 5) is 28.5. The summed E-state index contributed by atoms with van der Waals surface area (Å²) in [7, 11) is 2.01. The van der Waals surface area contributed by atoms with Gasteiger partial charge in [-0.1, -0.05) is 6.92 Å². The lowest BCUT2D eigenvalue weighted by Gasteiger charge is -2.23. The van der Waals surface area contributed by atoms with Crippen molar-refractivity contribution in [2.45, 2.75) is 26.3 Å². The molecule has 0 aliphatic rings. The van der Waals surface area contributed by atoms with E-state index in [0.29, 0.717) is 18.2 Å². The van der Waals surface area contributed by atoms with Crippen LogP contribution in [-0.2, 0) is 0 Å². The zero-order chi connectivity index (χ0) is 15.1. The molecule has 110 valence electrons. The molecule has 1 aromatic heterocycles. The van der Waals surface area contributed by atoms with Crippen molar-refractivity contribution in [3.8, 4) is 0 Å². The van der Waals surface area contributed by atoms with Crippen molar-refractivity contribution < 1.29 is 14.7 Å². The number of carboxylic acids is 1. The van der Waals surface area contributed by atoms with Crippen molar-refractivity contribution in [2.75, 3.05) is 20.1 Å². The lowest BCUT2D eigenvalue weighted by atomic mass is 10.2. The Balaban J connectivity index is 2.51. The van der Waals surface area contributed by atoms with Gasteiger partial charge in [-0.15, -0.1) is 0 Å². The Labute approximate surface area is 118 Å². The van der Waals surface area contributed by atoms with Crippen LogP contribution in [0.4, 0.5) is 0 Å². The Bertz CT molecular complexity index is 476. The van der Waals surface area contributed by atoms with E-state index >= 15 is 0 Å². The number of hydrogen-bond acceptors (Lipinski definition) is 4. The number of aromatic nitrogens is 1. The number of hydrogen-bond donors (Lipinski definition) is 2. The third kappa shape index (κ3) is 4.62. The molecule has 0 aliphatic carbocycles. The first-order valence-electron chi connectivity index (χ1n) is 6.63. The Morgan fingerprint density at radius 3 is 2.80 bits per heavy atom.